The predicted octanol–water partition coefficient (Wildman–Crippen LogP) is 4.18. The first kappa shape index (κ1) is 16.5. The average molecular weight is 351 g/mol. The maximum absolute atomic E-state index is 4.65. The third kappa shape index (κ3) is 2.79. The lowest BCUT2D eigenvalue weighted by molar-refractivity contribution is -0.0707. The fraction of sp³-hybridized carbons (Fsp3) is 0.636. The summed E-state index contributed by atoms with van der Waals surface area (Å²) < 4.78 is 0. The largest absolute Gasteiger partial charge is 0.308 e. The molecule has 138 valence electrons. The number of hydrogen-bond donors (Lipinski definition) is 1. The summed E-state index contributed by atoms with van der Waals surface area (Å²) in [6.07, 6.45) is 8.86. The van der Waals surface area contributed by atoms with E-state index in [-0.39, 0.29) is 0 Å². The molecule has 1 atom stereocenters. The van der Waals surface area contributed by atoms with Gasteiger partial charge in [-0.1, -0.05) is 30.3 Å². The van der Waals surface area contributed by atoms with Gasteiger partial charge in [0.05, 0.1) is 0 Å². The lowest BCUT2D eigenvalue weighted by atomic mass is 9.48. The molecule has 4 bridgehead atoms. The van der Waals surface area contributed by atoms with Gasteiger partial charge in [-0.15, -0.1) is 0 Å². The van der Waals surface area contributed by atoms with Gasteiger partial charge in [-0.2, -0.15) is 15.0 Å². The Kier molecular flexibility index (Phi) is 3.93. The highest BCUT2D eigenvalue weighted by Crippen LogP contribution is 2.61. The van der Waals surface area contributed by atoms with E-state index in [1.807, 2.05) is 13.1 Å². The summed E-state index contributed by atoms with van der Waals surface area (Å²) in [5.41, 5.74) is 3.76. The van der Waals surface area contributed by atoms with E-state index in [0.717, 1.165) is 41.2 Å². The number of nitrogens with one attached hydrogen (secondary N) is 1. The van der Waals surface area contributed by atoms with Crippen molar-refractivity contribution in [3.05, 3.63) is 36.0 Å². The first-order valence-electron chi connectivity index (χ1n) is 10.3. The van der Waals surface area contributed by atoms with Crippen molar-refractivity contribution in [3.8, 4) is 11.3 Å². The van der Waals surface area contributed by atoms with Gasteiger partial charge < -0.3 is 5.32 Å². The Morgan fingerprint density at radius 3 is 2.27 bits per heavy atom. The smallest absolute Gasteiger partial charge is 0.117 e. The molecule has 6 rings (SSSR count). The van der Waals surface area contributed by atoms with Gasteiger partial charge in [-0.25, -0.2) is 0 Å². The van der Waals surface area contributed by atoms with Crippen LogP contribution >= 0.6 is 0 Å². The predicted molar refractivity (Wildman–Crippen MR) is 103 cm³/mol. The number of rotatable bonds is 5. The second-order valence-corrected chi connectivity index (χ2v) is 9.23. The maximum Gasteiger partial charge on any atom is 0.117 e. The minimum absolute atomic E-state index is 0.532. The molecule has 0 saturated heterocycles. The van der Waals surface area contributed by atoms with Crippen LogP contribution in [-0.4, -0.2) is 21.0 Å². The Morgan fingerprint density at radius 1 is 1.04 bits per heavy atom. The van der Waals surface area contributed by atoms with Gasteiger partial charge >= 0.3 is 0 Å². The molecule has 0 amide bonds. The molecule has 26 heavy (non-hydrogen) atoms. The Morgan fingerprint density at radius 2 is 1.65 bits per heavy atom. The molecule has 2 aromatic rings. The summed E-state index contributed by atoms with van der Waals surface area (Å²) in [6.45, 7) is 3.23. The molecular formula is C22H30N4. The molecule has 4 aliphatic rings. The van der Waals surface area contributed by atoms with Gasteiger partial charge in [0, 0.05) is 25.2 Å². The van der Waals surface area contributed by atoms with E-state index >= 15 is 0 Å². The zero-order valence-electron chi connectivity index (χ0n) is 16.0. The van der Waals surface area contributed by atoms with Crippen molar-refractivity contribution < 1.29 is 0 Å². The number of aromatic nitrogens is 3. The fourth-order valence-electron chi connectivity index (χ4n) is 6.56. The summed E-state index contributed by atoms with van der Waals surface area (Å²) in [5, 5.41) is 13.1. The normalized spacial score (nSPS) is 33.5. The highest BCUT2D eigenvalue weighted by Gasteiger charge is 2.52. The lowest BCUT2D eigenvalue weighted by Crippen LogP contribution is -2.54. The van der Waals surface area contributed by atoms with Crippen molar-refractivity contribution >= 4 is 0 Å². The van der Waals surface area contributed by atoms with E-state index in [0.29, 0.717) is 11.5 Å². The van der Waals surface area contributed by atoms with Crippen LogP contribution in [0.15, 0.2) is 30.3 Å². The van der Waals surface area contributed by atoms with Crippen molar-refractivity contribution in [2.24, 2.45) is 30.2 Å². The molecular weight excluding hydrogens is 320 g/mol. The van der Waals surface area contributed by atoms with Crippen molar-refractivity contribution in [2.45, 2.75) is 58.0 Å². The Labute approximate surface area is 156 Å². The zero-order chi connectivity index (χ0) is 17.7. The van der Waals surface area contributed by atoms with E-state index in [2.05, 4.69) is 46.7 Å². The highest BCUT2D eigenvalue weighted by molar-refractivity contribution is 5.60. The number of aryl methyl sites for hydroxylation is 1. The van der Waals surface area contributed by atoms with Crippen LogP contribution in [0.25, 0.3) is 11.3 Å². The molecule has 1 aromatic heterocycles. The van der Waals surface area contributed by atoms with Crippen LogP contribution in [0.3, 0.4) is 0 Å². The average Bonchev–Trinajstić information content (AvgIpc) is 3.00. The van der Waals surface area contributed by atoms with Crippen molar-refractivity contribution in [2.75, 3.05) is 0 Å². The minimum atomic E-state index is 0.532. The van der Waals surface area contributed by atoms with Crippen LogP contribution < -0.4 is 5.32 Å². The molecule has 1 heterocycles. The number of benzene rings is 1. The highest BCUT2D eigenvalue weighted by atomic mass is 15.5. The lowest BCUT2D eigenvalue weighted by Gasteiger charge is -2.59. The molecule has 1 aromatic carbocycles. The molecule has 0 aliphatic heterocycles. The minimum Gasteiger partial charge on any atom is -0.308 e. The SMILES string of the molecule is C[C@@H](NCc1nn(C)nc1-c1ccccc1)C12CC3CC(CC(C3)C1)C2. The van der Waals surface area contributed by atoms with Crippen LogP contribution in [0.2, 0.25) is 0 Å². The van der Waals surface area contributed by atoms with Gasteiger partial charge in [0.1, 0.15) is 11.4 Å². The molecule has 0 unspecified atom stereocenters. The van der Waals surface area contributed by atoms with E-state index in [9.17, 15) is 0 Å². The molecule has 4 saturated carbocycles. The molecule has 0 radical (unpaired) electrons. The van der Waals surface area contributed by atoms with Gasteiger partial charge in [-0.3, -0.25) is 0 Å². The van der Waals surface area contributed by atoms with Gasteiger partial charge in [0.25, 0.3) is 0 Å². The summed E-state index contributed by atoms with van der Waals surface area (Å²) in [5.74, 6) is 3.01. The summed E-state index contributed by atoms with van der Waals surface area (Å²) in [4.78, 5) is 1.70. The van der Waals surface area contributed by atoms with E-state index in [1.54, 1.807) is 4.80 Å². The zero-order valence-corrected chi connectivity index (χ0v) is 16.0. The van der Waals surface area contributed by atoms with Crippen LogP contribution in [-0.2, 0) is 13.6 Å². The van der Waals surface area contributed by atoms with Crippen LogP contribution in [0, 0.1) is 23.2 Å². The second-order valence-electron chi connectivity index (χ2n) is 9.23. The number of hydrogen-bond acceptors (Lipinski definition) is 3. The molecule has 4 heteroatoms. The van der Waals surface area contributed by atoms with Crippen LogP contribution in [0.4, 0.5) is 0 Å². The van der Waals surface area contributed by atoms with Crippen LogP contribution in [0.1, 0.15) is 51.1 Å². The first-order chi connectivity index (χ1) is 12.6. The summed E-state index contributed by atoms with van der Waals surface area (Å²) in [6, 6.07) is 11.0. The Hall–Kier alpha value is -1.68. The molecule has 4 aliphatic carbocycles. The summed E-state index contributed by atoms with van der Waals surface area (Å²) >= 11 is 0. The van der Waals surface area contributed by atoms with E-state index in [4.69, 9.17) is 0 Å². The van der Waals surface area contributed by atoms with Gasteiger partial charge in [-0.05, 0) is 68.6 Å². The molecule has 4 fully saturated rings. The standard InChI is InChI=1S/C22H30N4/c1-15(22-11-16-8-17(12-22)10-18(9-16)13-22)23-14-20-21(25-26(2)24-20)19-6-4-3-5-7-19/h3-7,15-18,23H,8-14H2,1-2H3/t15-,16?,17?,18?,22?/m1/s1. The number of nitrogens with zero attached hydrogens (tertiary/aromatic N) is 3. The second kappa shape index (κ2) is 6.19. The van der Waals surface area contributed by atoms with E-state index < -0.39 is 0 Å². The van der Waals surface area contributed by atoms with Gasteiger partial charge in [0.2, 0.25) is 0 Å². The Bertz CT molecular complexity index is 743. The fourth-order valence-corrected chi connectivity index (χ4v) is 6.56. The Balaban J connectivity index is 1.33. The molecule has 4 nitrogen and oxygen atoms in total. The third-order valence-corrected chi connectivity index (χ3v) is 7.41. The quantitative estimate of drug-likeness (QED) is 0.880. The first-order valence-corrected chi connectivity index (χ1v) is 10.3. The van der Waals surface area contributed by atoms with E-state index in [1.165, 1.54) is 38.5 Å². The molecule has 1 N–H and O–H groups in total. The van der Waals surface area contributed by atoms with Crippen molar-refractivity contribution in [1.29, 1.82) is 0 Å². The molecule has 0 spiro atoms. The monoisotopic (exact) mass is 350 g/mol. The van der Waals surface area contributed by atoms with Crippen LogP contribution in [0.5, 0.6) is 0 Å². The van der Waals surface area contributed by atoms with Gasteiger partial charge in [0.15, 0.2) is 0 Å². The maximum atomic E-state index is 4.65. The topological polar surface area (TPSA) is 42.7 Å². The van der Waals surface area contributed by atoms with Crippen molar-refractivity contribution in [3.63, 3.8) is 0 Å². The summed E-state index contributed by atoms with van der Waals surface area (Å²) in [7, 11) is 1.92. The van der Waals surface area contributed by atoms with Crippen molar-refractivity contribution in [1.82, 2.24) is 20.3 Å². The third-order valence-electron chi connectivity index (χ3n) is 7.41.